The summed E-state index contributed by atoms with van der Waals surface area (Å²) in [6.45, 7) is 6.88. The molecule has 0 fully saturated rings. The van der Waals surface area contributed by atoms with E-state index in [9.17, 15) is 5.11 Å². The summed E-state index contributed by atoms with van der Waals surface area (Å²) in [6, 6.07) is 0. The molecule has 1 unspecified atom stereocenters. The Balaban J connectivity index is 3.06. The summed E-state index contributed by atoms with van der Waals surface area (Å²) in [5.74, 6) is 0.0385. The van der Waals surface area contributed by atoms with Crippen LogP contribution in [0.4, 0.5) is 0 Å². The smallest absolute Gasteiger partial charge is 0.122 e. The molecule has 0 aliphatic carbocycles. The Morgan fingerprint density at radius 2 is 2.27 bits per heavy atom. The van der Waals surface area contributed by atoms with Crippen LogP contribution in [0.3, 0.4) is 0 Å². The first-order valence-electron chi connectivity index (χ1n) is 5.37. The van der Waals surface area contributed by atoms with Crippen LogP contribution in [0.2, 0.25) is 0 Å². The van der Waals surface area contributed by atoms with Gasteiger partial charge in [-0.25, -0.2) is 4.68 Å². The van der Waals surface area contributed by atoms with Crippen molar-refractivity contribution in [1.82, 2.24) is 15.0 Å². The van der Waals surface area contributed by atoms with Crippen LogP contribution in [0.1, 0.15) is 32.9 Å². The van der Waals surface area contributed by atoms with Crippen molar-refractivity contribution in [3.8, 4) is 0 Å². The molecule has 1 heterocycles. The standard InChI is InChI=1S/C10H20N4O/c1-4-5-14-9(6-12-13-14)10(15,7-11)8(2)3/h6,8,15H,4-5,7,11H2,1-3H3. The fourth-order valence-electron chi connectivity index (χ4n) is 1.61. The quantitative estimate of drug-likeness (QED) is 0.744. The molecule has 86 valence electrons. The van der Waals surface area contributed by atoms with Gasteiger partial charge in [0.05, 0.1) is 11.9 Å². The molecule has 15 heavy (non-hydrogen) atoms. The number of hydrogen-bond acceptors (Lipinski definition) is 4. The van der Waals surface area contributed by atoms with Crippen LogP contribution in [0.5, 0.6) is 0 Å². The molecular weight excluding hydrogens is 192 g/mol. The molecule has 0 spiro atoms. The maximum atomic E-state index is 10.4. The summed E-state index contributed by atoms with van der Waals surface area (Å²) in [4.78, 5) is 0. The molecular formula is C10H20N4O. The van der Waals surface area contributed by atoms with Gasteiger partial charge in [0.25, 0.3) is 0 Å². The maximum Gasteiger partial charge on any atom is 0.122 e. The van der Waals surface area contributed by atoms with Crippen LogP contribution in [-0.2, 0) is 12.1 Å². The van der Waals surface area contributed by atoms with Crippen molar-refractivity contribution >= 4 is 0 Å². The third-order valence-corrected chi connectivity index (χ3v) is 2.76. The summed E-state index contributed by atoms with van der Waals surface area (Å²) in [5.41, 5.74) is 5.33. The normalized spacial score (nSPS) is 15.6. The first-order chi connectivity index (χ1) is 7.06. The second kappa shape index (κ2) is 4.72. The van der Waals surface area contributed by atoms with E-state index >= 15 is 0 Å². The van der Waals surface area contributed by atoms with E-state index < -0.39 is 5.60 Å². The molecule has 0 aliphatic rings. The monoisotopic (exact) mass is 212 g/mol. The van der Waals surface area contributed by atoms with Crippen LogP contribution in [-0.4, -0.2) is 26.6 Å². The van der Waals surface area contributed by atoms with E-state index in [2.05, 4.69) is 17.2 Å². The Bertz CT molecular complexity index is 310. The highest BCUT2D eigenvalue weighted by Gasteiger charge is 2.35. The highest BCUT2D eigenvalue weighted by molar-refractivity contribution is 5.10. The van der Waals surface area contributed by atoms with Crippen molar-refractivity contribution in [2.75, 3.05) is 6.54 Å². The van der Waals surface area contributed by atoms with Gasteiger partial charge >= 0.3 is 0 Å². The summed E-state index contributed by atoms with van der Waals surface area (Å²) < 4.78 is 1.73. The van der Waals surface area contributed by atoms with Gasteiger partial charge in [-0.1, -0.05) is 26.0 Å². The Morgan fingerprint density at radius 3 is 2.73 bits per heavy atom. The first-order valence-corrected chi connectivity index (χ1v) is 5.37. The highest BCUT2D eigenvalue weighted by atomic mass is 16.3. The van der Waals surface area contributed by atoms with Gasteiger partial charge < -0.3 is 10.8 Å². The van der Waals surface area contributed by atoms with Gasteiger partial charge in [0.1, 0.15) is 5.60 Å². The number of rotatable bonds is 5. The third-order valence-electron chi connectivity index (χ3n) is 2.76. The minimum atomic E-state index is -1.03. The van der Waals surface area contributed by atoms with E-state index in [1.807, 2.05) is 13.8 Å². The lowest BCUT2D eigenvalue weighted by atomic mass is 9.87. The first kappa shape index (κ1) is 12.1. The number of aromatic nitrogens is 3. The topological polar surface area (TPSA) is 77.0 Å². The molecule has 5 heteroatoms. The minimum absolute atomic E-state index is 0.0385. The van der Waals surface area contributed by atoms with E-state index in [-0.39, 0.29) is 12.5 Å². The number of aryl methyl sites for hydroxylation is 1. The molecule has 0 aliphatic heterocycles. The highest BCUT2D eigenvalue weighted by Crippen LogP contribution is 2.27. The Kier molecular flexibility index (Phi) is 3.82. The predicted octanol–water partition coefficient (Wildman–Crippen LogP) is 0.490. The molecule has 5 nitrogen and oxygen atoms in total. The Morgan fingerprint density at radius 1 is 1.60 bits per heavy atom. The zero-order chi connectivity index (χ0) is 11.5. The van der Waals surface area contributed by atoms with Crippen molar-refractivity contribution in [3.63, 3.8) is 0 Å². The summed E-state index contributed by atoms with van der Waals surface area (Å²) >= 11 is 0. The SMILES string of the molecule is CCCn1nncc1C(O)(CN)C(C)C. The molecule has 1 aromatic rings. The van der Waals surface area contributed by atoms with Crippen molar-refractivity contribution in [1.29, 1.82) is 0 Å². The van der Waals surface area contributed by atoms with Crippen LogP contribution in [0.25, 0.3) is 0 Å². The lowest BCUT2D eigenvalue weighted by molar-refractivity contribution is -0.00952. The molecule has 0 saturated heterocycles. The molecule has 0 aromatic carbocycles. The van der Waals surface area contributed by atoms with Crippen molar-refractivity contribution in [2.45, 2.75) is 39.3 Å². The number of hydrogen-bond donors (Lipinski definition) is 2. The van der Waals surface area contributed by atoms with Gasteiger partial charge in [-0.15, -0.1) is 5.10 Å². The summed E-state index contributed by atoms with van der Waals surface area (Å²) in [6.07, 6.45) is 2.55. The van der Waals surface area contributed by atoms with Gasteiger partial charge in [0.2, 0.25) is 0 Å². The molecule has 0 amide bonds. The van der Waals surface area contributed by atoms with Crippen LogP contribution in [0.15, 0.2) is 6.20 Å². The van der Waals surface area contributed by atoms with E-state index in [0.717, 1.165) is 13.0 Å². The lowest BCUT2D eigenvalue weighted by Crippen LogP contribution is -2.41. The third kappa shape index (κ3) is 2.18. The maximum absolute atomic E-state index is 10.4. The van der Waals surface area contributed by atoms with Gasteiger partial charge in [0.15, 0.2) is 0 Å². The Hall–Kier alpha value is -0.940. The average Bonchev–Trinajstić information content (AvgIpc) is 2.65. The largest absolute Gasteiger partial charge is 0.382 e. The minimum Gasteiger partial charge on any atom is -0.382 e. The van der Waals surface area contributed by atoms with Gasteiger partial charge in [0, 0.05) is 13.1 Å². The van der Waals surface area contributed by atoms with Crippen molar-refractivity contribution < 1.29 is 5.11 Å². The zero-order valence-corrected chi connectivity index (χ0v) is 9.64. The molecule has 1 aromatic heterocycles. The number of aliphatic hydroxyl groups is 1. The number of nitrogens with two attached hydrogens (primary N) is 1. The fourth-order valence-corrected chi connectivity index (χ4v) is 1.61. The predicted molar refractivity (Wildman–Crippen MR) is 58.1 cm³/mol. The second-order valence-electron chi connectivity index (χ2n) is 4.13. The molecule has 1 atom stereocenters. The van der Waals surface area contributed by atoms with E-state index in [4.69, 9.17) is 5.73 Å². The van der Waals surface area contributed by atoms with Crippen LogP contribution < -0.4 is 5.73 Å². The summed E-state index contributed by atoms with van der Waals surface area (Å²) in [5, 5.41) is 18.2. The van der Waals surface area contributed by atoms with Crippen LogP contribution in [0, 0.1) is 5.92 Å². The molecule has 0 bridgehead atoms. The second-order valence-corrected chi connectivity index (χ2v) is 4.13. The van der Waals surface area contributed by atoms with E-state index in [1.165, 1.54) is 0 Å². The Labute approximate surface area is 90.3 Å². The van der Waals surface area contributed by atoms with Crippen molar-refractivity contribution in [3.05, 3.63) is 11.9 Å². The average molecular weight is 212 g/mol. The van der Waals surface area contributed by atoms with Crippen LogP contribution >= 0.6 is 0 Å². The molecule has 3 N–H and O–H groups in total. The van der Waals surface area contributed by atoms with E-state index in [1.54, 1.807) is 10.9 Å². The van der Waals surface area contributed by atoms with Gasteiger partial charge in [-0.05, 0) is 12.3 Å². The fraction of sp³-hybridized carbons (Fsp3) is 0.800. The van der Waals surface area contributed by atoms with E-state index in [0.29, 0.717) is 5.69 Å². The van der Waals surface area contributed by atoms with Gasteiger partial charge in [-0.2, -0.15) is 0 Å². The molecule has 1 rings (SSSR count). The number of nitrogens with zero attached hydrogens (tertiary/aromatic N) is 3. The van der Waals surface area contributed by atoms with Crippen molar-refractivity contribution in [2.24, 2.45) is 11.7 Å². The molecule has 0 saturated carbocycles. The molecule has 0 radical (unpaired) electrons. The lowest BCUT2D eigenvalue weighted by Gasteiger charge is -2.30. The van der Waals surface area contributed by atoms with Gasteiger partial charge in [-0.3, -0.25) is 0 Å². The summed E-state index contributed by atoms with van der Waals surface area (Å²) in [7, 11) is 0. The zero-order valence-electron chi connectivity index (χ0n) is 9.64.